The summed E-state index contributed by atoms with van der Waals surface area (Å²) in [6, 6.07) is 0. The van der Waals surface area contributed by atoms with Crippen molar-refractivity contribution < 1.29 is 9.47 Å². The molecule has 0 amide bonds. The summed E-state index contributed by atoms with van der Waals surface area (Å²) in [5.74, 6) is 1.32. The number of nitrogens with two attached hydrogens (primary N) is 1. The van der Waals surface area contributed by atoms with E-state index in [1.165, 1.54) is 6.42 Å². The number of rotatable bonds is 9. The minimum absolute atomic E-state index is 0.640. The van der Waals surface area contributed by atoms with Crippen LogP contribution in [0.1, 0.15) is 26.7 Å². The van der Waals surface area contributed by atoms with Crippen molar-refractivity contribution in [2.24, 2.45) is 17.6 Å². The lowest BCUT2D eigenvalue weighted by Gasteiger charge is -2.18. The maximum absolute atomic E-state index is 5.68. The molecule has 1 atom stereocenters. The molecular formula is C11H25NO2. The SMILES string of the molecule is COCCOCCCC(CN)C(C)C. The van der Waals surface area contributed by atoms with Gasteiger partial charge in [0.15, 0.2) is 0 Å². The van der Waals surface area contributed by atoms with Crippen molar-refractivity contribution >= 4 is 0 Å². The lowest BCUT2D eigenvalue weighted by molar-refractivity contribution is 0.0665. The Labute approximate surface area is 88.0 Å². The van der Waals surface area contributed by atoms with Gasteiger partial charge < -0.3 is 15.2 Å². The summed E-state index contributed by atoms with van der Waals surface area (Å²) in [6.07, 6.45) is 2.27. The highest BCUT2D eigenvalue weighted by Crippen LogP contribution is 2.15. The summed E-state index contributed by atoms with van der Waals surface area (Å²) < 4.78 is 10.3. The molecule has 0 heterocycles. The second-order valence-electron chi connectivity index (χ2n) is 3.99. The normalized spacial score (nSPS) is 13.5. The predicted molar refractivity (Wildman–Crippen MR) is 59.3 cm³/mol. The Kier molecular flexibility index (Phi) is 9.35. The third-order valence-electron chi connectivity index (χ3n) is 2.54. The number of methoxy groups -OCH3 is 1. The molecule has 0 aliphatic heterocycles. The van der Waals surface area contributed by atoms with Crippen molar-refractivity contribution in [2.45, 2.75) is 26.7 Å². The second-order valence-corrected chi connectivity index (χ2v) is 3.99. The first kappa shape index (κ1) is 13.9. The first-order chi connectivity index (χ1) is 6.72. The molecule has 3 heteroatoms. The summed E-state index contributed by atoms with van der Waals surface area (Å²) in [7, 11) is 1.69. The first-order valence-corrected chi connectivity index (χ1v) is 5.49. The molecule has 0 aromatic heterocycles. The van der Waals surface area contributed by atoms with Gasteiger partial charge in [0, 0.05) is 13.7 Å². The van der Waals surface area contributed by atoms with Crippen LogP contribution in [0.5, 0.6) is 0 Å². The quantitative estimate of drug-likeness (QED) is 0.580. The molecule has 0 aliphatic rings. The largest absolute Gasteiger partial charge is 0.382 e. The van der Waals surface area contributed by atoms with Crippen molar-refractivity contribution in [3.05, 3.63) is 0 Å². The lowest BCUT2D eigenvalue weighted by Crippen LogP contribution is -2.20. The van der Waals surface area contributed by atoms with Gasteiger partial charge in [-0.05, 0) is 31.2 Å². The zero-order chi connectivity index (χ0) is 10.8. The third kappa shape index (κ3) is 7.30. The van der Waals surface area contributed by atoms with E-state index in [-0.39, 0.29) is 0 Å². The van der Waals surface area contributed by atoms with Gasteiger partial charge in [0.1, 0.15) is 0 Å². The van der Waals surface area contributed by atoms with Gasteiger partial charge in [-0.25, -0.2) is 0 Å². The Bertz CT molecular complexity index is 118. The zero-order valence-electron chi connectivity index (χ0n) is 9.79. The van der Waals surface area contributed by atoms with E-state index in [0.29, 0.717) is 25.0 Å². The van der Waals surface area contributed by atoms with Crippen LogP contribution in [-0.4, -0.2) is 33.5 Å². The molecule has 0 fully saturated rings. The highest BCUT2D eigenvalue weighted by molar-refractivity contribution is 4.63. The molecule has 3 nitrogen and oxygen atoms in total. The van der Waals surface area contributed by atoms with Crippen LogP contribution in [0.2, 0.25) is 0 Å². The zero-order valence-corrected chi connectivity index (χ0v) is 9.79. The van der Waals surface area contributed by atoms with E-state index in [9.17, 15) is 0 Å². The Morgan fingerprint density at radius 2 is 1.86 bits per heavy atom. The summed E-state index contributed by atoms with van der Waals surface area (Å²) >= 11 is 0. The van der Waals surface area contributed by atoms with Gasteiger partial charge in [0.2, 0.25) is 0 Å². The number of hydrogen-bond donors (Lipinski definition) is 1. The van der Waals surface area contributed by atoms with Crippen molar-refractivity contribution in [2.75, 3.05) is 33.5 Å². The molecule has 0 bridgehead atoms. The van der Waals surface area contributed by atoms with Crippen LogP contribution in [-0.2, 0) is 9.47 Å². The highest BCUT2D eigenvalue weighted by Gasteiger charge is 2.10. The molecule has 0 rings (SSSR count). The van der Waals surface area contributed by atoms with Gasteiger partial charge >= 0.3 is 0 Å². The molecule has 0 aliphatic carbocycles. The fourth-order valence-corrected chi connectivity index (χ4v) is 1.42. The molecule has 0 aromatic carbocycles. The second kappa shape index (κ2) is 9.44. The van der Waals surface area contributed by atoms with Gasteiger partial charge in [-0.2, -0.15) is 0 Å². The first-order valence-electron chi connectivity index (χ1n) is 5.49. The van der Waals surface area contributed by atoms with Crippen LogP contribution in [0.3, 0.4) is 0 Å². The molecular weight excluding hydrogens is 178 g/mol. The molecule has 86 valence electrons. The maximum atomic E-state index is 5.68. The fraction of sp³-hybridized carbons (Fsp3) is 1.00. The summed E-state index contributed by atoms with van der Waals surface area (Å²) in [5.41, 5.74) is 5.68. The Morgan fingerprint density at radius 3 is 2.36 bits per heavy atom. The molecule has 0 saturated carbocycles. The van der Waals surface area contributed by atoms with Gasteiger partial charge in [0.25, 0.3) is 0 Å². The average Bonchev–Trinajstić information content (AvgIpc) is 2.16. The van der Waals surface area contributed by atoms with E-state index in [0.717, 1.165) is 19.6 Å². The van der Waals surface area contributed by atoms with Crippen molar-refractivity contribution in [3.8, 4) is 0 Å². The van der Waals surface area contributed by atoms with Crippen LogP contribution < -0.4 is 5.73 Å². The summed E-state index contributed by atoms with van der Waals surface area (Å²) in [5, 5.41) is 0. The third-order valence-corrected chi connectivity index (χ3v) is 2.54. The number of hydrogen-bond acceptors (Lipinski definition) is 3. The van der Waals surface area contributed by atoms with E-state index in [1.807, 2.05) is 0 Å². The molecule has 0 spiro atoms. The van der Waals surface area contributed by atoms with E-state index in [2.05, 4.69) is 13.8 Å². The van der Waals surface area contributed by atoms with Crippen LogP contribution in [0, 0.1) is 11.8 Å². The standard InChI is InChI=1S/C11H25NO2/c1-10(2)11(9-12)5-4-6-14-8-7-13-3/h10-11H,4-9,12H2,1-3H3. The fourth-order valence-electron chi connectivity index (χ4n) is 1.42. The lowest BCUT2D eigenvalue weighted by atomic mass is 9.91. The van der Waals surface area contributed by atoms with Crippen LogP contribution in [0.25, 0.3) is 0 Å². The molecule has 0 saturated heterocycles. The molecule has 2 N–H and O–H groups in total. The van der Waals surface area contributed by atoms with Crippen molar-refractivity contribution in [1.29, 1.82) is 0 Å². The van der Waals surface area contributed by atoms with E-state index >= 15 is 0 Å². The molecule has 0 aromatic rings. The topological polar surface area (TPSA) is 44.5 Å². The van der Waals surface area contributed by atoms with Crippen molar-refractivity contribution in [3.63, 3.8) is 0 Å². The Morgan fingerprint density at radius 1 is 1.14 bits per heavy atom. The van der Waals surface area contributed by atoms with Crippen molar-refractivity contribution in [1.82, 2.24) is 0 Å². The van der Waals surface area contributed by atoms with Gasteiger partial charge in [-0.1, -0.05) is 13.8 Å². The van der Waals surface area contributed by atoms with Crippen LogP contribution >= 0.6 is 0 Å². The highest BCUT2D eigenvalue weighted by atomic mass is 16.5. The van der Waals surface area contributed by atoms with Gasteiger partial charge in [-0.15, -0.1) is 0 Å². The maximum Gasteiger partial charge on any atom is 0.0700 e. The van der Waals surface area contributed by atoms with Crippen LogP contribution in [0.15, 0.2) is 0 Å². The monoisotopic (exact) mass is 203 g/mol. The average molecular weight is 203 g/mol. The minimum Gasteiger partial charge on any atom is -0.382 e. The van der Waals surface area contributed by atoms with Gasteiger partial charge in [0.05, 0.1) is 13.2 Å². The van der Waals surface area contributed by atoms with E-state index in [1.54, 1.807) is 7.11 Å². The van der Waals surface area contributed by atoms with E-state index in [4.69, 9.17) is 15.2 Å². The Hall–Kier alpha value is -0.120. The predicted octanol–water partition coefficient (Wildman–Crippen LogP) is 1.66. The Balaban J connectivity index is 3.25. The molecule has 1 unspecified atom stereocenters. The summed E-state index contributed by atoms with van der Waals surface area (Å²) in [4.78, 5) is 0. The molecule has 14 heavy (non-hydrogen) atoms. The smallest absolute Gasteiger partial charge is 0.0700 e. The summed E-state index contributed by atoms with van der Waals surface area (Å²) in [6.45, 7) is 7.45. The number of ether oxygens (including phenoxy) is 2. The van der Waals surface area contributed by atoms with E-state index < -0.39 is 0 Å². The molecule has 0 radical (unpaired) electrons. The van der Waals surface area contributed by atoms with Crippen LogP contribution in [0.4, 0.5) is 0 Å². The van der Waals surface area contributed by atoms with Gasteiger partial charge in [-0.3, -0.25) is 0 Å². The minimum atomic E-state index is 0.640.